The van der Waals surface area contributed by atoms with Crippen LogP contribution in [-0.2, 0) is 13.5 Å². The molecule has 0 aliphatic rings. The van der Waals surface area contributed by atoms with Crippen molar-refractivity contribution < 1.29 is 0 Å². The largest absolute Gasteiger partial charge is 0.370 e. The minimum absolute atomic E-state index is 0.672. The van der Waals surface area contributed by atoms with Gasteiger partial charge >= 0.3 is 0 Å². The predicted molar refractivity (Wildman–Crippen MR) is 83.2 cm³/mol. The van der Waals surface area contributed by atoms with Crippen LogP contribution < -0.4 is 5.32 Å². The zero-order valence-corrected chi connectivity index (χ0v) is 12.7. The predicted octanol–water partition coefficient (Wildman–Crippen LogP) is 3.09. The van der Waals surface area contributed by atoms with E-state index in [-0.39, 0.29) is 0 Å². The van der Waals surface area contributed by atoms with Crippen LogP contribution in [0.3, 0.4) is 0 Å². The average Bonchev–Trinajstić information content (AvgIpc) is 3.04. The Morgan fingerprint density at radius 3 is 2.80 bits per heavy atom. The Labute approximate surface area is 121 Å². The summed E-state index contributed by atoms with van der Waals surface area (Å²) in [7, 11) is 1.95. The van der Waals surface area contributed by atoms with E-state index in [4.69, 9.17) is 0 Å². The van der Waals surface area contributed by atoms with Gasteiger partial charge in [0.15, 0.2) is 11.6 Å². The van der Waals surface area contributed by atoms with Gasteiger partial charge < -0.3 is 9.88 Å². The molecule has 0 unspecified atom stereocenters. The summed E-state index contributed by atoms with van der Waals surface area (Å²) in [5, 5.41) is 4.43. The second-order valence-corrected chi connectivity index (χ2v) is 5.69. The quantitative estimate of drug-likeness (QED) is 0.801. The van der Waals surface area contributed by atoms with Crippen LogP contribution in [0.2, 0.25) is 0 Å². The summed E-state index contributed by atoms with van der Waals surface area (Å²) in [5.74, 6) is 2.36. The summed E-state index contributed by atoms with van der Waals surface area (Å²) in [6, 6.07) is 2.18. The van der Waals surface area contributed by atoms with E-state index >= 15 is 0 Å². The molecule has 0 aliphatic carbocycles. The SMILES string of the molecule is CCNc1nc(-c2nccn2C)nc2sc(CC)cc12. The number of nitrogens with zero attached hydrogens (tertiary/aromatic N) is 4. The van der Waals surface area contributed by atoms with Gasteiger partial charge in [0.2, 0.25) is 0 Å². The normalized spacial score (nSPS) is 11.2. The van der Waals surface area contributed by atoms with Crippen LogP contribution in [0.4, 0.5) is 5.82 Å². The van der Waals surface area contributed by atoms with Crippen LogP contribution >= 0.6 is 11.3 Å². The molecular formula is C14H17N5S. The van der Waals surface area contributed by atoms with Gasteiger partial charge in [0, 0.05) is 30.9 Å². The maximum absolute atomic E-state index is 4.67. The smallest absolute Gasteiger partial charge is 0.199 e. The molecular weight excluding hydrogens is 270 g/mol. The van der Waals surface area contributed by atoms with Gasteiger partial charge in [-0.3, -0.25) is 0 Å². The third-order valence-corrected chi connectivity index (χ3v) is 4.33. The van der Waals surface area contributed by atoms with E-state index in [0.717, 1.165) is 34.8 Å². The van der Waals surface area contributed by atoms with Crippen LogP contribution in [-0.4, -0.2) is 26.1 Å². The lowest BCUT2D eigenvalue weighted by molar-refractivity contribution is 0.909. The second kappa shape index (κ2) is 5.20. The number of aromatic nitrogens is 4. The van der Waals surface area contributed by atoms with Crippen molar-refractivity contribution in [3.05, 3.63) is 23.3 Å². The summed E-state index contributed by atoms with van der Waals surface area (Å²) in [6.45, 7) is 5.07. The zero-order valence-electron chi connectivity index (χ0n) is 11.8. The molecule has 104 valence electrons. The van der Waals surface area contributed by atoms with Gasteiger partial charge in [0.05, 0.1) is 5.39 Å². The summed E-state index contributed by atoms with van der Waals surface area (Å²) < 4.78 is 1.94. The van der Waals surface area contributed by atoms with Gasteiger partial charge in [0.25, 0.3) is 0 Å². The number of thiophene rings is 1. The number of hydrogen-bond donors (Lipinski definition) is 1. The van der Waals surface area contributed by atoms with Crippen molar-refractivity contribution in [1.82, 2.24) is 19.5 Å². The molecule has 0 amide bonds. The Morgan fingerprint density at radius 1 is 1.30 bits per heavy atom. The Kier molecular flexibility index (Phi) is 3.40. The Balaban J connectivity index is 2.21. The minimum Gasteiger partial charge on any atom is -0.370 e. The molecule has 0 saturated heterocycles. The highest BCUT2D eigenvalue weighted by Gasteiger charge is 2.14. The van der Waals surface area contributed by atoms with Crippen LogP contribution in [0.1, 0.15) is 18.7 Å². The lowest BCUT2D eigenvalue weighted by Gasteiger charge is -2.06. The van der Waals surface area contributed by atoms with Crippen molar-refractivity contribution in [2.75, 3.05) is 11.9 Å². The molecule has 3 heterocycles. The monoisotopic (exact) mass is 287 g/mol. The number of anilines is 1. The van der Waals surface area contributed by atoms with Crippen molar-refractivity contribution in [3.8, 4) is 11.6 Å². The molecule has 3 rings (SSSR count). The molecule has 0 fully saturated rings. The molecule has 5 nitrogen and oxygen atoms in total. The van der Waals surface area contributed by atoms with E-state index in [2.05, 4.69) is 40.2 Å². The summed E-state index contributed by atoms with van der Waals surface area (Å²) in [5.41, 5.74) is 0. The molecule has 6 heteroatoms. The van der Waals surface area contributed by atoms with Crippen molar-refractivity contribution >= 4 is 27.4 Å². The molecule has 0 aromatic carbocycles. The fraction of sp³-hybridized carbons (Fsp3) is 0.357. The van der Waals surface area contributed by atoms with Crippen molar-refractivity contribution in [1.29, 1.82) is 0 Å². The highest BCUT2D eigenvalue weighted by atomic mass is 32.1. The number of fused-ring (bicyclic) bond motifs is 1. The number of hydrogen-bond acceptors (Lipinski definition) is 5. The maximum Gasteiger partial charge on any atom is 0.199 e. The highest BCUT2D eigenvalue weighted by molar-refractivity contribution is 7.18. The van der Waals surface area contributed by atoms with Crippen LogP contribution in [0.5, 0.6) is 0 Å². The minimum atomic E-state index is 0.672. The third-order valence-electron chi connectivity index (χ3n) is 3.16. The first-order valence-corrected chi connectivity index (χ1v) is 7.56. The summed E-state index contributed by atoms with van der Waals surface area (Å²) >= 11 is 1.73. The molecule has 0 atom stereocenters. The molecule has 3 aromatic heterocycles. The number of imidazole rings is 1. The molecule has 0 spiro atoms. The van der Waals surface area contributed by atoms with E-state index in [1.54, 1.807) is 17.5 Å². The second-order valence-electron chi connectivity index (χ2n) is 4.57. The summed E-state index contributed by atoms with van der Waals surface area (Å²) in [6.07, 6.45) is 4.69. The fourth-order valence-corrected chi connectivity index (χ4v) is 3.10. The van der Waals surface area contributed by atoms with Gasteiger partial charge in [-0.1, -0.05) is 6.92 Å². The summed E-state index contributed by atoms with van der Waals surface area (Å²) in [4.78, 5) is 16.0. The van der Waals surface area contributed by atoms with Crippen molar-refractivity contribution in [3.63, 3.8) is 0 Å². The average molecular weight is 287 g/mol. The molecule has 20 heavy (non-hydrogen) atoms. The van der Waals surface area contributed by atoms with E-state index < -0.39 is 0 Å². The van der Waals surface area contributed by atoms with Gasteiger partial charge in [-0.15, -0.1) is 11.3 Å². The molecule has 3 aromatic rings. The molecule has 0 bridgehead atoms. The lowest BCUT2D eigenvalue weighted by Crippen LogP contribution is -2.03. The topological polar surface area (TPSA) is 55.6 Å². The molecule has 0 aliphatic heterocycles. The first-order valence-electron chi connectivity index (χ1n) is 6.75. The van der Waals surface area contributed by atoms with Crippen molar-refractivity contribution in [2.24, 2.45) is 7.05 Å². The number of rotatable bonds is 4. The highest BCUT2D eigenvalue weighted by Crippen LogP contribution is 2.31. The first-order chi connectivity index (χ1) is 9.72. The van der Waals surface area contributed by atoms with Crippen molar-refractivity contribution in [2.45, 2.75) is 20.3 Å². The van der Waals surface area contributed by atoms with E-state index in [1.165, 1.54) is 4.88 Å². The van der Waals surface area contributed by atoms with E-state index in [1.807, 2.05) is 17.8 Å². The van der Waals surface area contributed by atoms with Gasteiger partial charge in [-0.25, -0.2) is 15.0 Å². The fourth-order valence-electron chi connectivity index (χ4n) is 2.13. The standard InChI is InChI=1S/C14H17N5S/c1-4-9-8-10-11(15-5-2)17-12(18-14(10)20-9)13-16-6-7-19(13)3/h6-8H,4-5H2,1-3H3,(H,15,17,18). The Hall–Kier alpha value is -1.95. The molecule has 0 radical (unpaired) electrons. The number of nitrogens with one attached hydrogen (secondary N) is 1. The van der Waals surface area contributed by atoms with Crippen LogP contribution in [0.25, 0.3) is 21.9 Å². The first kappa shape index (κ1) is 13.1. The molecule has 1 N–H and O–H groups in total. The van der Waals surface area contributed by atoms with Crippen LogP contribution in [0.15, 0.2) is 18.5 Å². The van der Waals surface area contributed by atoms with Gasteiger partial charge in [-0.05, 0) is 19.4 Å². The number of aryl methyl sites for hydroxylation is 2. The molecule has 0 saturated carbocycles. The zero-order chi connectivity index (χ0) is 14.1. The van der Waals surface area contributed by atoms with E-state index in [9.17, 15) is 0 Å². The van der Waals surface area contributed by atoms with Crippen LogP contribution in [0, 0.1) is 0 Å². The van der Waals surface area contributed by atoms with Gasteiger partial charge in [0.1, 0.15) is 10.6 Å². The lowest BCUT2D eigenvalue weighted by atomic mass is 10.3. The maximum atomic E-state index is 4.67. The Morgan fingerprint density at radius 2 is 2.15 bits per heavy atom. The van der Waals surface area contributed by atoms with E-state index in [0.29, 0.717) is 5.82 Å². The third kappa shape index (κ3) is 2.16. The van der Waals surface area contributed by atoms with Gasteiger partial charge in [-0.2, -0.15) is 0 Å². The Bertz CT molecular complexity index is 743.